The Hall–Kier alpha value is -8.82. The van der Waals surface area contributed by atoms with Crippen LogP contribution in [0.15, 0.2) is 66.4 Å². The number of nitrogens with zero attached hydrogens (tertiary/aromatic N) is 4. The van der Waals surface area contributed by atoms with E-state index >= 15 is 0 Å². The topological polar surface area (TPSA) is 322 Å². The van der Waals surface area contributed by atoms with Gasteiger partial charge in [-0.2, -0.15) is 22.0 Å². The summed E-state index contributed by atoms with van der Waals surface area (Å²) in [4.78, 5) is 143. The number of nitrogens with two attached hydrogens (primary N) is 1. The van der Waals surface area contributed by atoms with Crippen molar-refractivity contribution in [3.63, 3.8) is 0 Å². The van der Waals surface area contributed by atoms with Crippen LogP contribution < -0.4 is 47.7 Å². The minimum absolute atomic E-state index is 0.0139. The fourth-order valence-electron chi connectivity index (χ4n) is 14.0. The van der Waals surface area contributed by atoms with Gasteiger partial charge in [0.15, 0.2) is 0 Å². The van der Waals surface area contributed by atoms with E-state index in [4.69, 9.17) is 15.2 Å². The Labute approximate surface area is 632 Å². The number of ether oxygens (including phenoxy) is 3. The van der Waals surface area contributed by atoms with Crippen molar-refractivity contribution < 1.29 is 97.3 Å². The molecule has 0 aliphatic carbocycles. The lowest BCUT2D eigenvalue weighted by molar-refractivity contribution is -0.197. The molecule has 5 rings (SSSR count). The molecule has 33 heteroatoms. The number of benzene rings is 3. The first-order valence-corrected chi connectivity index (χ1v) is 36.7. The monoisotopic (exact) mass is 1550 g/mol. The number of halogens is 8. The predicted molar refractivity (Wildman–Crippen MR) is 389 cm³/mol. The molecule has 25 nitrogen and oxygen atoms in total. The van der Waals surface area contributed by atoms with Crippen molar-refractivity contribution in [1.82, 2.24) is 51.5 Å². The molecular formula is C76H108F8N12O13. The van der Waals surface area contributed by atoms with Gasteiger partial charge in [0.1, 0.15) is 23.8 Å². The fourth-order valence-corrected chi connectivity index (χ4v) is 14.0. The second kappa shape index (κ2) is 42.4. The largest absolute Gasteiger partial charge is 0.420 e. The summed E-state index contributed by atoms with van der Waals surface area (Å²) in [5.41, 5.74) is 6.57. The number of rotatable bonds is 39. The van der Waals surface area contributed by atoms with Crippen LogP contribution in [-0.4, -0.2) is 201 Å². The molecule has 2 aliphatic rings. The molecule has 12 atom stereocenters. The summed E-state index contributed by atoms with van der Waals surface area (Å²) in [6.07, 6.45) is -5.45. The molecule has 0 radical (unpaired) electrons. The maximum atomic E-state index is 14.6. The molecule has 2 fully saturated rings. The van der Waals surface area contributed by atoms with Crippen molar-refractivity contribution >= 4 is 64.9 Å². The van der Waals surface area contributed by atoms with Crippen LogP contribution in [-0.2, 0) is 65.6 Å². The summed E-state index contributed by atoms with van der Waals surface area (Å²) in [7, 11) is 8.31. The molecule has 0 bridgehead atoms. The Morgan fingerprint density at radius 2 is 1.32 bits per heavy atom. The Bertz CT molecular complexity index is 3590. The predicted octanol–water partition coefficient (Wildman–Crippen LogP) is 7.93. The van der Waals surface area contributed by atoms with Crippen molar-refractivity contribution in [3.8, 4) is 5.75 Å². The molecule has 0 saturated carbocycles. The van der Waals surface area contributed by atoms with Gasteiger partial charge in [0.25, 0.3) is 5.91 Å². The van der Waals surface area contributed by atoms with E-state index in [1.54, 1.807) is 49.8 Å². The van der Waals surface area contributed by atoms with Crippen LogP contribution in [0.4, 0.5) is 45.6 Å². The normalized spacial score (nSPS) is 18.2. The highest BCUT2D eigenvalue weighted by atomic mass is 19.4. The van der Waals surface area contributed by atoms with Gasteiger partial charge in [-0.25, -0.2) is 18.0 Å². The van der Waals surface area contributed by atoms with E-state index in [0.717, 1.165) is 10.5 Å². The number of esters is 1. The highest BCUT2D eigenvalue weighted by molar-refractivity contribution is 6.06. The molecule has 2 saturated heterocycles. The molecule has 3 aromatic rings. The maximum Gasteiger partial charge on any atom is 0.404 e. The zero-order chi connectivity index (χ0) is 81.5. The zero-order valence-electron chi connectivity index (χ0n) is 64.4. The minimum atomic E-state index is -5.00. The van der Waals surface area contributed by atoms with Crippen molar-refractivity contribution in [2.24, 2.45) is 41.2 Å². The molecule has 2 heterocycles. The average molecular weight is 1550 g/mol. The van der Waals surface area contributed by atoms with E-state index < -0.39 is 174 Å². The van der Waals surface area contributed by atoms with E-state index in [9.17, 15) is 83.1 Å². The molecule has 2 aliphatic heterocycles. The summed E-state index contributed by atoms with van der Waals surface area (Å²) >= 11 is 0. The lowest BCUT2D eigenvalue weighted by Gasteiger charge is -2.41. The Morgan fingerprint density at radius 3 is 1.88 bits per heavy atom. The van der Waals surface area contributed by atoms with E-state index in [-0.39, 0.29) is 105 Å². The minimum Gasteiger partial charge on any atom is -0.420 e. The SMILES string of the molecule is CC[C@H](C)C([C@@H](CC(=O)N1CCC[C@H]1[C@H](OC)[C@@H](C)C(=O)N[C@H](CC(=O)NCc1ccc(NC(=O)/C(=C/CCNC(N)=O)NC(=O)[C@@H](NC(=O)CCCN2CCC(C(=O)Oc3c(F)c(F)c(F)c(F)c3F)CC2C(F)(F)F)C(C)C)cc1)Cc1ccccc1)OC)N(C)C(=O)[C@@H](NC(=O)[C@H](C(C)C)N(C)C)C(C)C. The van der Waals surface area contributed by atoms with Gasteiger partial charge in [0.05, 0.1) is 48.6 Å². The number of urea groups is 1. The van der Waals surface area contributed by atoms with Gasteiger partial charge < -0.3 is 67.0 Å². The van der Waals surface area contributed by atoms with E-state index in [0.29, 0.717) is 31.4 Å². The fraction of sp³-hybridized carbons (Fsp3) is 0.605. The van der Waals surface area contributed by atoms with Gasteiger partial charge in [-0.1, -0.05) is 117 Å². The maximum absolute atomic E-state index is 14.6. The third-order valence-electron chi connectivity index (χ3n) is 20.0. The molecular weight excluding hydrogens is 1440 g/mol. The van der Waals surface area contributed by atoms with Crippen LogP contribution in [0, 0.1) is 64.6 Å². The third kappa shape index (κ3) is 25.9. The number of alkyl halides is 3. The summed E-state index contributed by atoms with van der Waals surface area (Å²) in [6.45, 7) is 16.0. The molecule has 10 amide bonds. The average Bonchev–Trinajstić information content (AvgIpc) is 1.00. The van der Waals surface area contributed by atoms with E-state index in [1.165, 1.54) is 32.4 Å². The second-order valence-electron chi connectivity index (χ2n) is 29.2. The number of primary amides is 1. The number of likely N-dealkylation sites (N-methyl/N-ethyl adjacent to an activating group) is 2. The summed E-state index contributed by atoms with van der Waals surface area (Å²) < 4.78 is 129. The number of amides is 10. The van der Waals surface area contributed by atoms with Gasteiger partial charge in [0.2, 0.25) is 76.2 Å². The quantitative estimate of drug-likeness (QED) is 0.00511. The van der Waals surface area contributed by atoms with Crippen LogP contribution in [0.3, 0.4) is 0 Å². The smallest absolute Gasteiger partial charge is 0.404 e. The van der Waals surface area contributed by atoms with Gasteiger partial charge >= 0.3 is 18.2 Å². The molecule has 606 valence electrons. The first kappa shape index (κ1) is 90.8. The molecule has 0 aromatic heterocycles. The number of hydrogen-bond donors (Lipinski definition) is 8. The molecule has 9 N–H and O–H groups in total. The Balaban J connectivity index is 1.19. The third-order valence-corrected chi connectivity index (χ3v) is 20.0. The Morgan fingerprint density at radius 1 is 0.697 bits per heavy atom. The number of anilines is 1. The molecule has 109 heavy (non-hydrogen) atoms. The highest BCUT2D eigenvalue weighted by Crippen LogP contribution is 2.38. The van der Waals surface area contributed by atoms with Crippen LogP contribution in [0.25, 0.3) is 0 Å². The molecule has 3 unspecified atom stereocenters. The van der Waals surface area contributed by atoms with E-state index in [1.807, 2.05) is 90.9 Å². The second-order valence-corrected chi connectivity index (χ2v) is 29.2. The first-order valence-electron chi connectivity index (χ1n) is 36.7. The molecule has 3 aromatic carbocycles. The summed E-state index contributed by atoms with van der Waals surface area (Å²) in [5.74, 6) is -23.7. The number of likely N-dealkylation sites (tertiary alicyclic amines) is 2. The first-order chi connectivity index (χ1) is 51.3. The zero-order valence-corrected chi connectivity index (χ0v) is 64.4. The number of methoxy groups -OCH3 is 2. The summed E-state index contributed by atoms with van der Waals surface area (Å²) in [6, 6.07) is 7.88. The van der Waals surface area contributed by atoms with Crippen LogP contribution in [0.5, 0.6) is 5.75 Å². The lowest BCUT2D eigenvalue weighted by atomic mass is 9.89. The number of hydrogen-bond acceptors (Lipinski definition) is 15. The van der Waals surface area contributed by atoms with Crippen LogP contribution in [0.1, 0.15) is 138 Å². The number of nitrogens with one attached hydrogen (secondary N) is 7. The lowest BCUT2D eigenvalue weighted by Crippen LogP contribution is -2.59. The van der Waals surface area contributed by atoms with Crippen molar-refractivity contribution in [2.75, 3.05) is 66.9 Å². The van der Waals surface area contributed by atoms with Gasteiger partial charge in [-0.3, -0.25) is 53.0 Å². The van der Waals surface area contributed by atoms with Crippen molar-refractivity contribution in [3.05, 3.63) is 107 Å². The van der Waals surface area contributed by atoms with Crippen LogP contribution >= 0.6 is 0 Å². The number of carbonyl (C=O) groups excluding carboxylic acids is 10. The number of piperidine rings is 1. The Kier molecular flexibility index (Phi) is 35.3. The summed E-state index contributed by atoms with van der Waals surface area (Å²) in [5, 5.41) is 19.1. The van der Waals surface area contributed by atoms with Gasteiger partial charge in [-0.05, 0) is 119 Å². The van der Waals surface area contributed by atoms with Crippen molar-refractivity contribution in [1.29, 1.82) is 0 Å². The van der Waals surface area contributed by atoms with Crippen molar-refractivity contribution in [2.45, 2.75) is 200 Å². The molecule has 0 spiro atoms. The standard InChI is InChI=1S/C76H108F8N12O13/c1-15-44(8)66(94(12)73(104)64(42(4)5)92-72(103)65(43(6)7)93(10)11)53(107-13)39-57(99)96-34-20-25-52(96)67(108-14)45(9)69(100)89-50(36-46-22-17-16-18-23-46)38-56(98)87-40-47-27-29-49(30-28-47)88-70(101)51(24-19-32-86-75(85)106)90-71(102)63(41(2)3)91-55(97)26-21-33-95-35-31-48(37-54(95)76(82,83)84)74(105)109-68-61(80)59(78)58(77)60(79)62(68)81/h16-18,22-24,27-30,41-45,48,50,52-54,63-67H,15,19-21,25-26,31-40H2,1-14H3,(H,87,98)(H,88,101)(H,89,100)(H,90,102)(H,91,97)(H,92,103)(H3,85,86,106)/b51-24-/t44-,45+,48?,50-,52-,53+,54?,63-,64-,65-,66?,67+/m0/s1. The van der Waals surface area contributed by atoms with E-state index in [2.05, 4.69) is 42.0 Å². The highest BCUT2D eigenvalue weighted by Gasteiger charge is 2.49. The van der Waals surface area contributed by atoms with Gasteiger partial charge in [0, 0.05) is 65.5 Å². The van der Waals surface area contributed by atoms with Crippen LogP contribution in [0.2, 0.25) is 0 Å². The number of carbonyl (C=O) groups is 10. The van der Waals surface area contributed by atoms with Gasteiger partial charge in [-0.15, -0.1) is 0 Å².